The highest BCUT2D eigenvalue weighted by Crippen LogP contribution is 2.36. The van der Waals surface area contributed by atoms with Gasteiger partial charge in [-0.05, 0) is 68.2 Å². The van der Waals surface area contributed by atoms with Gasteiger partial charge in [-0.15, -0.1) is 0 Å². The number of anilines is 2. The van der Waals surface area contributed by atoms with Crippen molar-refractivity contribution >= 4 is 44.8 Å². The molecular formula is C25H23ClFN3O5S. The van der Waals surface area contributed by atoms with Gasteiger partial charge in [0.2, 0.25) is 5.91 Å². The Bertz CT molecular complexity index is 1410. The SMILES string of the molecule is CN(C)CCOc1ccc(S(=O)(=O)N2C(=O)Cc3ccc(NC(=O)c4c(F)cccc4Cl)cc32)cc1. The molecule has 8 nitrogen and oxygen atoms in total. The van der Waals surface area contributed by atoms with Crippen LogP contribution < -0.4 is 14.4 Å². The van der Waals surface area contributed by atoms with Crippen LogP contribution in [-0.2, 0) is 21.2 Å². The molecule has 188 valence electrons. The van der Waals surface area contributed by atoms with Crippen LogP contribution in [0.5, 0.6) is 5.75 Å². The second kappa shape index (κ2) is 10.3. The molecule has 36 heavy (non-hydrogen) atoms. The Morgan fingerprint density at radius 2 is 1.86 bits per heavy atom. The van der Waals surface area contributed by atoms with E-state index in [0.717, 1.165) is 10.4 Å². The van der Waals surface area contributed by atoms with E-state index in [0.29, 0.717) is 24.5 Å². The summed E-state index contributed by atoms with van der Waals surface area (Å²) in [6.07, 6.45) is -0.117. The third-order valence-corrected chi connectivity index (χ3v) is 7.55. The molecule has 3 aromatic rings. The Kier molecular flexibility index (Phi) is 7.30. The highest BCUT2D eigenvalue weighted by Gasteiger charge is 2.38. The van der Waals surface area contributed by atoms with E-state index in [1.807, 2.05) is 19.0 Å². The average molecular weight is 532 g/mol. The van der Waals surface area contributed by atoms with Crippen molar-refractivity contribution in [1.82, 2.24) is 4.90 Å². The number of carbonyl (C=O) groups is 2. The van der Waals surface area contributed by atoms with Gasteiger partial charge in [0.05, 0.1) is 27.6 Å². The maximum Gasteiger partial charge on any atom is 0.270 e. The zero-order valence-corrected chi connectivity index (χ0v) is 21.1. The molecule has 1 aliphatic heterocycles. The summed E-state index contributed by atoms with van der Waals surface area (Å²) in [5.74, 6) is -1.73. The number of fused-ring (bicyclic) bond motifs is 1. The summed E-state index contributed by atoms with van der Waals surface area (Å²) in [6.45, 7) is 1.13. The molecule has 4 rings (SSSR count). The minimum absolute atomic E-state index is 0.0674. The first-order valence-electron chi connectivity index (χ1n) is 10.9. The first-order chi connectivity index (χ1) is 17.1. The van der Waals surface area contributed by atoms with Crippen LogP contribution in [0.3, 0.4) is 0 Å². The monoisotopic (exact) mass is 531 g/mol. The number of benzene rings is 3. The molecule has 1 heterocycles. The van der Waals surface area contributed by atoms with Crippen molar-refractivity contribution in [2.75, 3.05) is 36.9 Å². The Labute approximate surface area is 213 Å². The lowest BCUT2D eigenvalue weighted by atomic mass is 10.1. The number of nitrogens with zero attached hydrogens (tertiary/aromatic N) is 2. The fourth-order valence-corrected chi connectivity index (χ4v) is 5.38. The van der Waals surface area contributed by atoms with E-state index >= 15 is 0 Å². The van der Waals surface area contributed by atoms with E-state index in [9.17, 15) is 22.4 Å². The zero-order chi connectivity index (χ0) is 26.0. The minimum Gasteiger partial charge on any atom is -0.492 e. The molecule has 2 amide bonds. The van der Waals surface area contributed by atoms with E-state index in [4.69, 9.17) is 16.3 Å². The van der Waals surface area contributed by atoms with E-state index in [2.05, 4.69) is 5.32 Å². The third-order valence-electron chi connectivity index (χ3n) is 5.49. The number of hydrogen-bond donors (Lipinski definition) is 1. The topological polar surface area (TPSA) is 96.0 Å². The summed E-state index contributed by atoms with van der Waals surface area (Å²) in [5.41, 5.74) is 0.434. The van der Waals surface area contributed by atoms with Crippen LogP contribution in [0.1, 0.15) is 15.9 Å². The summed E-state index contributed by atoms with van der Waals surface area (Å²) in [5, 5.41) is 2.45. The number of amides is 2. The van der Waals surface area contributed by atoms with Crippen molar-refractivity contribution in [3.05, 3.63) is 82.6 Å². The first kappa shape index (κ1) is 25.6. The molecule has 0 unspecified atom stereocenters. The van der Waals surface area contributed by atoms with E-state index in [1.54, 1.807) is 6.07 Å². The van der Waals surface area contributed by atoms with Crippen LogP contribution in [0.25, 0.3) is 0 Å². The maximum absolute atomic E-state index is 14.1. The molecule has 0 atom stereocenters. The van der Waals surface area contributed by atoms with Crippen molar-refractivity contribution in [3.63, 3.8) is 0 Å². The molecule has 1 N–H and O–H groups in total. The van der Waals surface area contributed by atoms with Gasteiger partial charge in [0.25, 0.3) is 15.9 Å². The molecule has 0 bridgehead atoms. The number of nitrogens with one attached hydrogen (secondary N) is 1. The van der Waals surface area contributed by atoms with Gasteiger partial charge in [0.15, 0.2) is 0 Å². The number of rotatable bonds is 8. The van der Waals surface area contributed by atoms with Crippen LogP contribution in [0.4, 0.5) is 15.8 Å². The summed E-state index contributed by atoms with van der Waals surface area (Å²) < 4.78 is 47.2. The smallest absolute Gasteiger partial charge is 0.270 e. The predicted octanol–water partition coefficient (Wildman–Crippen LogP) is 3.95. The molecule has 0 saturated heterocycles. The third kappa shape index (κ3) is 5.20. The van der Waals surface area contributed by atoms with Crippen molar-refractivity contribution in [1.29, 1.82) is 0 Å². The van der Waals surface area contributed by atoms with Gasteiger partial charge in [-0.1, -0.05) is 23.7 Å². The number of sulfonamides is 1. The standard InChI is InChI=1S/C25H23ClFN3O5S/c1-29(2)12-13-35-18-8-10-19(11-9-18)36(33,34)30-22-15-17(7-6-16(22)14-23(30)31)28-25(32)24-20(26)4-3-5-21(24)27/h3-11,15H,12-14H2,1-2H3,(H,28,32). The molecule has 0 radical (unpaired) electrons. The fraction of sp³-hybridized carbons (Fsp3) is 0.200. The highest BCUT2D eigenvalue weighted by atomic mass is 35.5. The van der Waals surface area contributed by atoms with E-state index < -0.39 is 27.7 Å². The van der Waals surface area contributed by atoms with Crippen molar-refractivity contribution < 1.29 is 27.1 Å². The normalized spacial score (nSPS) is 13.1. The predicted molar refractivity (Wildman–Crippen MR) is 135 cm³/mol. The lowest BCUT2D eigenvalue weighted by Gasteiger charge is -2.19. The average Bonchev–Trinajstić information content (AvgIpc) is 3.15. The van der Waals surface area contributed by atoms with Gasteiger partial charge in [0.1, 0.15) is 18.2 Å². The number of ether oxygens (including phenoxy) is 1. The molecule has 0 fully saturated rings. The van der Waals surface area contributed by atoms with Crippen molar-refractivity contribution in [2.45, 2.75) is 11.3 Å². The molecule has 0 spiro atoms. The summed E-state index contributed by atoms with van der Waals surface area (Å²) in [6, 6.07) is 14.1. The van der Waals surface area contributed by atoms with Crippen molar-refractivity contribution in [3.8, 4) is 5.75 Å². The van der Waals surface area contributed by atoms with Crippen LogP contribution in [0.2, 0.25) is 5.02 Å². The Hall–Kier alpha value is -3.47. The molecule has 3 aromatic carbocycles. The summed E-state index contributed by atoms with van der Waals surface area (Å²) in [7, 11) is -0.411. The van der Waals surface area contributed by atoms with Gasteiger partial charge >= 0.3 is 0 Å². The summed E-state index contributed by atoms with van der Waals surface area (Å²) in [4.78, 5) is 27.2. The Balaban J connectivity index is 1.58. The Morgan fingerprint density at radius 1 is 1.14 bits per heavy atom. The minimum atomic E-state index is -4.24. The second-order valence-corrected chi connectivity index (χ2v) is 10.6. The number of halogens is 2. The largest absolute Gasteiger partial charge is 0.492 e. The Morgan fingerprint density at radius 3 is 2.53 bits per heavy atom. The number of carbonyl (C=O) groups excluding carboxylic acids is 2. The quantitative estimate of drug-likeness (QED) is 0.473. The van der Waals surface area contributed by atoms with Gasteiger partial charge < -0.3 is 15.0 Å². The molecule has 1 aliphatic rings. The van der Waals surface area contributed by atoms with Crippen LogP contribution in [0.15, 0.2) is 65.6 Å². The number of hydrogen-bond acceptors (Lipinski definition) is 6. The van der Waals surface area contributed by atoms with Gasteiger partial charge in [-0.2, -0.15) is 0 Å². The molecule has 0 saturated carbocycles. The highest BCUT2D eigenvalue weighted by molar-refractivity contribution is 7.93. The molecular weight excluding hydrogens is 509 g/mol. The maximum atomic E-state index is 14.1. The van der Waals surface area contributed by atoms with Gasteiger partial charge in [-0.3, -0.25) is 9.59 Å². The lowest BCUT2D eigenvalue weighted by Crippen LogP contribution is -2.33. The molecule has 0 aromatic heterocycles. The number of likely N-dealkylation sites (N-methyl/N-ethyl adjacent to an activating group) is 1. The first-order valence-corrected chi connectivity index (χ1v) is 12.7. The van der Waals surface area contributed by atoms with Crippen molar-refractivity contribution in [2.24, 2.45) is 0 Å². The van der Waals surface area contributed by atoms with Crippen LogP contribution in [0, 0.1) is 5.82 Å². The lowest BCUT2D eigenvalue weighted by molar-refractivity contribution is -0.116. The van der Waals surface area contributed by atoms with Crippen LogP contribution in [-0.4, -0.2) is 52.4 Å². The summed E-state index contributed by atoms with van der Waals surface area (Å²) >= 11 is 5.96. The van der Waals surface area contributed by atoms with Gasteiger partial charge in [0, 0.05) is 12.2 Å². The molecule has 11 heteroatoms. The fourth-order valence-electron chi connectivity index (χ4n) is 3.68. The second-order valence-electron chi connectivity index (χ2n) is 8.36. The van der Waals surface area contributed by atoms with E-state index in [-0.39, 0.29) is 33.3 Å². The van der Waals surface area contributed by atoms with Crippen LogP contribution >= 0.6 is 11.6 Å². The van der Waals surface area contributed by atoms with E-state index in [1.165, 1.54) is 48.5 Å². The van der Waals surface area contributed by atoms with Gasteiger partial charge in [-0.25, -0.2) is 17.1 Å². The molecule has 0 aliphatic carbocycles. The zero-order valence-electron chi connectivity index (χ0n) is 19.5.